The molecule has 0 N–H and O–H groups in total. The van der Waals surface area contributed by atoms with Gasteiger partial charge in [0.25, 0.3) is 0 Å². The second kappa shape index (κ2) is 5.64. The fourth-order valence-electron chi connectivity index (χ4n) is 3.36. The highest BCUT2D eigenvalue weighted by molar-refractivity contribution is 7.80. The Hall–Kier alpha value is -0.180. The van der Waals surface area contributed by atoms with Gasteiger partial charge in [0.05, 0.1) is 0 Å². The van der Waals surface area contributed by atoms with E-state index in [1.165, 1.54) is 25.7 Å². The smallest absolute Gasteiger partial charge is 0.223 e. The van der Waals surface area contributed by atoms with Crippen LogP contribution < -0.4 is 0 Å². The molecule has 1 unspecified atom stereocenters. The van der Waals surface area contributed by atoms with E-state index in [1.807, 2.05) is 0 Å². The number of thiol groups is 1. The van der Waals surface area contributed by atoms with Crippen molar-refractivity contribution in [2.45, 2.75) is 52.0 Å². The van der Waals surface area contributed by atoms with E-state index in [0.29, 0.717) is 17.9 Å². The number of likely N-dealkylation sites (tertiary alicyclic amines) is 1. The number of nitrogens with zero attached hydrogens (tertiary/aromatic N) is 1. The predicted molar refractivity (Wildman–Crippen MR) is 74.3 cm³/mol. The van der Waals surface area contributed by atoms with Gasteiger partial charge in [0, 0.05) is 19.0 Å². The Kier molecular flexibility index (Phi) is 4.40. The molecule has 1 aliphatic carbocycles. The summed E-state index contributed by atoms with van der Waals surface area (Å²) in [7, 11) is 0. The number of rotatable bonds is 3. The van der Waals surface area contributed by atoms with Crippen molar-refractivity contribution < 1.29 is 4.79 Å². The Labute approximate surface area is 111 Å². The molecule has 0 radical (unpaired) electrons. The third-order valence-electron chi connectivity index (χ3n) is 4.62. The van der Waals surface area contributed by atoms with Crippen LogP contribution in [0.25, 0.3) is 0 Å². The summed E-state index contributed by atoms with van der Waals surface area (Å²) in [4.78, 5) is 14.1. The third kappa shape index (κ3) is 2.98. The lowest BCUT2D eigenvalue weighted by Crippen LogP contribution is -2.39. The van der Waals surface area contributed by atoms with Crippen molar-refractivity contribution in [1.29, 1.82) is 0 Å². The van der Waals surface area contributed by atoms with Crippen molar-refractivity contribution in [3.63, 3.8) is 0 Å². The molecule has 17 heavy (non-hydrogen) atoms. The van der Waals surface area contributed by atoms with Crippen LogP contribution in [0.4, 0.5) is 0 Å². The summed E-state index contributed by atoms with van der Waals surface area (Å²) in [5, 5.41) is 0. The first kappa shape index (κ1) is 13.3. The van der Waals surface area contributed by atoms with Crippen LogP contribution in [0, 0.1) is 17.8 Å². The highest BCUT2D eigenvalue weighted by Gasteiger charge is 2.35. The molecular weight excluding hydrogens is 230 g/mol. The van der Waals surface area contributed by atoms with Crippen LogP contribution in [-0.2, 0) is 4.79 Å². The number of hydrogen-bond donors (Lipinski definition) is 1. The second-order valence-electron chi connectivity index (χ2n) is 6.11. The van der Waals surface area contributed by atoms with Crippen LogP contribution in [-0.4, -0.2) is 29.1 Å². The average molecular weight is 255 g/mol. The Morgan fingerprint density at radius 2 is 1.94 bits per heavy atom. The summed E-state index contributed by atoms with van der Waals surface area (Å²) in [6.07, 6.45) is 5.77. The summed E-state index contributed by atoms with van der Waals surface area (Å²) in [5.74, 6) is 3.40. The maximum atomic E-state index is 12.0. The van der Waals surface area contributed by atoms with Crippen molar-refractivity contribution in [1.82, 2.24) is 4.90 Å². The van der Waals surface area contributed by atoms with Crippen LogP contribution in [0.15, 0.2) is 0 Å². The maximum absolute atomic E-state index is 12.0. The zero-order valence-corrected chi connectivity index (χ0v) is 12.0. The van der Waals surface area contributed by atoms with E-state index in [-0.39, 0.29) is 0 Å². The fraction of sp³-hybridized carbons (Fsp3) is 0.929. The molecule has 0 aromatic carbocycles. The molecule has 0 aromatic rings. The number of hydrogen-bond acceptors (Lipinski definition) is 2. The van der Waals surface area contributed by atoms with E-state index in [0.717, 1.165) is 30.6 Å². The number of amides is 1. The summed E-state index contributed by atoms with van der Waals surface area (Å²) in [6.45, 7) is 5.60. The van der Waals surface area contributed by atoms with Gasteiger partial charge in [0.15, 0.2) is 0 Å². The van der Waals surface area contributed by atoms with Gasteiger partial charge in [-0.1, -0.05) is 13.8 Å². The monoisotopic (exact) mass is 255 g/mol. The maximum Gasteiger partial charge on any atom is 0.223 e. The number of carbonyl (C=O) groups is 1. The molecule has 2 aliphatic rings. The van der Waals surface area contributed by atoms with E-state index in [4.69, 9.17) is 0 Å². The summed E-state index contributed by atoms with van der Waals surface area (Å²) in [6, 6.07) is 0.530. The Balaban J connectivity index is 1.87. The van der Waals surface area contributed by atoms with Crippen LogP contribution in [0.2, 0.25) is 0 Å². The highest BCUT2D eigenvalue weighted by atomic mass is 32.1. The molecule has 0 spiro atoms. The van der Waals surface area contributed by atoms with Crippen LogP contribution >= 0.6 is 12.6 Å². The van der Waals surface area contributed by atoms with Gasteiger partial charge in [-0.25, -0.2) is 0 Å². The van der Waals surface area contributed by atoms with Crippen molar-refractivity contribution in [2.75, 3.05) is 12.3 Å². The zero-order valence-electron chi connectivity index (χ0n) is 11.1. The van der Waals surface area contributed by atoms with Crippen LogP contribution in [0.1, 0.15) is 46.0 Å². The van der Waals surface area contributed by atoms with Crippen molar-refractivity contribution in [3.05, 3.63) is 0 Å². The Morgan fingerprint density at radius 1 is 1.29 bits per heavy atom. The average Bonchev–Trinajstić information content (AvgIpc) is 2.71. The molecule has 2 nitrogen and oxygen atoms in total. The van der Waals surface area contributed by atoms with E-state index < -0.39 is 0 Å². The summed E-state index contributed by atoms with van der Waals surface area (Å²) < 4.78 is 0. The van der Waals surface area contributed by atoms with Gasteiger partial charge < -0.3 is 4.90 Å². The molecule has 1 atom stereocenters. The number of carbonyl (C=O) groups excluding carboxylic acids is 1. The standard InChI is InChI=1S/C14H25NOS/c1-10(2)12-3-5-13(6-4-12)15-8-11(9-17)7-14(15)16/h10-13,17H,3-9H2,1-2H3. The van der Waals surface area contributed by atoms with Crippen molar-refractivity contribution in [3.8, 4) is 0 Å². The first-order valence-electron chi connectivity index (χ1n) is 7.02. The minimum absolute atomic E-state index is 0.372. The lowest BCUT2D eigenvalue weighted by molar-refractivity contribution is -0.130. The van der Waals surface area contributed by atoms with Crippen molar-refractivity contribution in [2.24, 2.45) is 17.8 Å². The van der Waals surface area contributed by atoms with Crippen LogP contribution in [0.5, 0.6) is 0 Å². The van der Waals surface area contributed by atoms with E-state index in [2.05, 4.69) is 31.4 Å². The van der Waals surface area contributed by atoms with Gasteiger partial charge in [-0.15, -0.1) is 0 Å². The summed E-state index contributed by atoms with van der Waals surface area (Å²) >= 11 is 4.32. The van der Waals surface area contributed by atoms with Gasteiger partial charge in [0.1, 0.15) is 0 Å². The normalized spacial score (nSPS) is 34.7. The lowest BCUT2D eigenvalue weighted by Gasteiger charge is -2.36. The van der Waals surface area contributed by atoms with E-state index in [9.17, 15) is 4.79 Å². The Morgan fingerprint density at radius 3 is 2.41 bits per heavy atom. The summed E-state index contributed by atoms with van der Waals surface area (Å²) in [5.41, 5.74) is 0. The van der Waals surface area contributed by atoms with Crippen molar-refractivity contribution >= 4 is 18.5 Å². The molecule has 1 saturated heterocycles. The minimum atomic E-state index is 0.372. The van der Waals surface area contributed by atoms with Gasteiger partial charge in [-0.05, 0) is 49.2 Å². The molecule has 1 amide bonds. The van der Waals surface area contributed by atoms with E-state index >= 15 is 0 Å². The minimum Gasteiger partial charge on any atom is -0.339 e. The quantitative estimate of drug-likeness (QED) is 0.769. The molecule has 98 valence electrons. The molecule has 0 aromatic heterocycles. The first-order valence-corrected chi connectivity index (χ1v) is 7.65. The predicted octanol–water partition coefficient (Wildman–Crippen LogP) is 2.98. The fourth-order valence-corrected chi connectivity index (χ4v) is 3.61. The lowest BCUT2D eigenvalue weighted by atomic mass is 9.79. The topological polar surface area (TPSA) is 20.3 Å². The van der Waals surface area contributed by atoms with Gasteiger partial charge in [-0.2, -0.15) is 12.6 Å². The molecule has 1 aliphatic heterocycles. The molecule has 2 fully saturated rings. The molecular formula is C14H25NOS. The largest absolute Gasteiger partial charge is 0.339 e. The second-order valence-corrected chi connectivity index (χ2v) is 6.48. The SMILES string of the molecule is CC(C)C1CCC(N2CC(CS)CC2=O)CC1. The molecule has 0 bridgehead atoms. The van der Waals surface area contributed by atoms with Gasteiger partial charge in [0.2, 0.25) is 5.91 Å². The van der Waals surface area contributed by atoms with E-state index in [1.54, 1.807) is 0 Å². The first-order chi connectivity index (χ1) is 8.11. The molecule has 3 heteroatoms. The molecule has 1 saturated carbocycles. The Bertz CT molecular complexity index is 271. The molecule has 1 heterocycles. The van der Waals surface area contributed by atoms with Crippen LogP contribution in [0.3, 0.4) is 0 Å². The third-order valence-corrected chi connectivity index (χ3v) is 5.14. The van der Waals surface area contributed by atoms with Gasteiger partial charge in [-0.3, -0.25) is 4.79 Å². The van der Waals surface area contributed by atoms with Gasteiger partial charge >= 0.3 is 0 Å². The molecule has 2 rings (SSSR count). The highest BCUT2D eigenvalue weighted by Crippen LogP contribution is 2.34. The zero-order chi connectivity index (χ0) is 12.4.